The summed E-state index contributed by atoms with van der Waals surface area (Å²) in [5, 5.41) is 12.7. The number of aromatic amines is 1. The quantitative estimate of drug-likeness (QED) is 0.667. The van der Waals surface area contributed by atoms with Crippen LogP contribution >= 0.6 is 0 Å². The molecular formula is C11H17N5O3S. The molecule has 2 aromatic rings. The summed E-state index contributed by atoms with van der Waals surface area (Å²) in [6.45, 7) is 2.02. The maximum Gasteiger partial charge on any atom is 0.244 e. The van der Waals surface area contributed by atoms with Gasteiger partial charge < -0.3 is 10.1 Å². The average Bonchev–Trinajstić information content (AvgIpc) is 3.07. The van der Waals surface area contributed by atoms with Crippen LogP contribution in [0.4, 0.5) is 0 Å². The number of H-pyrrole nitrogens is 1. The first-order chi connectivity index (χ1) is 9.56. The summed E-state index contributed by atoms with van der Waals surface area (Å²) in [4.78, 5) is 7.02. The number of imidazole rings is 1. The predicted molar refractivity (Wildman–Crippen MR) is 71.3 cm³/mol. The molecule has 3 N–H and O–H groups in total. The third-order valence-corrected chi connectivity index (χ3v) is 4.23. The van der Waals surface area contributed by atoms with Crippen molar-refractivity contribution >= 4 is 10.0 Å². The summed E-state index contributed by atoms with van der Waals surface area (Å²) in [7, 11) is -3.67. The molecule has 2 aromatic heterocycles. The largest absolute Gasteiger partial charge is 0.394 e. The molecule has 0 aliphatic rings. The second-order valence-electron chi connectivity index (χ2n) is 4.22. The van der Waals surface area contributed by atoms with Crippen LogP contribution in [-0.2, 0) is 16.6 Å². The first-order valence-corrected chi connectivity index (χ1v) is 7.70. The van der Waals surface area contributed by atoms with Gasteiger partial charge in [0.15, 0.2) is 0 Å². The van der Waals surface area contributed by atoms with Gasteiger partial charge in [-0.2, -0.15) is 5.10 Å². The van der Waals surface area contributed by atoms with Crippen molar-refractivity contribution in [3.05, 3.63) is 30.6 Å². The Morgan fingerprint density at radius 3 is 2.95 bits per heavy atom. The number of rotatable bonds is 7. The lowest BCUT2D eigenvalue weighted by Crippen LogP contribution is -2.28. The van der Waals surface area contributed by atoms with Gasteiger partial charge in [0.1, 0.15) is 10.7 Å². The van der Waals surface area contributed by atoms with E-state index in [1.165, 1.54) is 17.1 Å². The molecule has 0 aliphatic carbocycles. The Morgan fingerprint density at radius 1 is 1.55 bits per heavy atom. The van der Waals surface area contributed by atoms with E-state index in [-0.39, 0.29) is 18.0 Å². The van der Waals surface area contributed by atoms with Crippen LogP contribution in [0.5, 0.6) is 0 Å². The third kappa shape index (κ3) is 3.24. The highest BCUT2D eigenvalue weighted by Crippen LogP contribution is 2.16. The molecule has 0 fully saturated rings. The summed E-state index contributed by atoms with van der Waals surface area (Å²) in [6, 6.07) is -0.420. The van der Waals surface area contributed by atoms with Crippen LogP contribution in [0.15, 0.2) is 29.7 Å². The molecule has 0 aromatic carbocycles. The summed E-state index contributed by atoms with van der Waals surface area (Å²) >= 11 is 0. The van der Waals surface area contributed by atoms with Gasteiger partial charge >= 0.3 is 0 Å². The molecule has 0 saturated heterocycles. The molecular weight excluding hydrogens is 282 g/mol. The minimum absolute atomic E-state index is 0.0657. The number of aliphatic hydroxyl groups is 1. The van der Waals surface area contributed by atoms with Gasteiger partial charge in [-0.25, -0.2) is 18.1 Å². The molecule has 0 saturated carbocycles. The minimum atomic E-state index is -3.67. The highest BCUT2D eigenvalue weighted by molar-refractivity contribution is 7.89. The number of nitrogens with one attached hydrogen (secondary N) is 2. The summed E-state index contributed by atoms with van der Waals surface area (Å²) < 4.78 is 28.4. The van der Waals surface area contributed by atoms with Crippen molar-refractivity contribution < 1.29 is 13.5 Å². The first-order valence-electron chi connectivity index (χ1n) is 6.21. The van der Waals surface area contributed by atoms with E-state index in [0.29, 0.717) is 12.2 Å². The fourth-order valence-electron chi connectivity index (χ4n) is 1.76. The SMILES string of the molecule is CCC(NS(=O)(=O)c1cnn(CCO)c1)c1ncc[nH]1. The van der Waals surface area contributed by atoms with Crippen LogP contribution in [0.1, 0.15) is 25.2 Å². The van der Waals surface area contributed by atoms with Crippen LogP contribution < -0.4 is 4.72 Å². The van der Waals surface area contributed by atoms with Gasteiger partial charge in [0.2, 0.25) is 10.0 Å². The maximum absolute atomic E-state index is 12.2. The van der Waals surface area contributed by atoms with Gasteiger partial charge in [0, 0.05) is 18.6 Å². The van der Waals surface area contributed by atoms with E-state index in [2.05, 4.69) is 19.8 Å². The smallest absolute Gasteiger partial charge is 0.244 e. The van der Waals surface area contributed by atoms with Crippen molar-refractivity contribution in [2.24, 2.45) is 0 Å². The van der Waals surface area contributed by atoms with Crippen molar-refractivity contribution in [2.45, 2.75) is 30.8 Å². The fraction of sp³-hybridized carbons (Fsp3) is 0.455. The van der Waals surface area contributed by atoms with Crippen molar-refractivity contribution in [1.82, 2.24) is 24.5 Å². The third-order valence-electron chi connectivity index (χ3n) is 2.80. The van der Waals surface area contributed by atoms with Gasteiger partial charge in [-0.3, -0.25) is 4.68 Å². The van der Waals surface area contributed by atoms with E-state index < -0.39 is 16.1 Å². The van der Waals surface area contributed by atoms with Crippen LogP contribution in [0.3, 0.4) is 0 Å². The molecule has 20 heavy (non-hydrogen) atoms. The number of aromatic nitrogens is 4. The summed E-state index contributed by atoms with van der Waals surface area (Å²) in [5.74, 6) is 0.568. The Hall–Kier alpha value is -1.71. The molecule has 0 radical (unpaired) electrons. The molecule has 8 nitrogen and oxygen atoms in total. The molecule has 1 atom stereocenters. The average molecular weight is 299 g/mol. The zero-order valence-corrected chi connectivity index (χ0v) is 11.8. The van der Waals surface area contributed by atoms with Gasteiger partial charge in [0.25, 0.3) is 0 Å². The van der Waals surface area contributed by atoms with Crippen molar-refractivity contribution in [3.63, 3.8) is 0 Å². The van der Waals surface area contributed by atoms with Gasteiger partial charge in [-0.05, 0) is 6.42 Å². The lowest BCUT2D eigenvalue weighted by atomic mass is 10.2. The number of sulfonamides is 1. The summed E-state index contributed by atoms with van der Waals surface area (Å²) in [6.07, 6.45) is 6.43. The predicted octanol–water partition coefficient (Wildman–Crippen LogP) is 0.0281. The molecule has 0 spiro atoms. The lowest BCUT2D eigenvalue weighted by molar-refractivity contribution is 0.269. The molecule has 0 bridgehead atoms. The van der Waals surface area contributed by atoms with Crippen molar-refractivity contribution in [3.8, 4) is 0 Å². The van der Waals surface area contributed by atoms with E-state index >= 15 is 0 Å². The number of hydrogen-bond donors (Lipinski definition) is 3. The summed E-state index contributed by atoms with van der Waals surface area (Å²) in [5.41, 5.74) is 0. The first kappa shape index (κ1) is 14.7. The lowest BCUT2D eigenvalue weighted by Gasteiger charge is -2.13. The van der Waals surface area contributed by atoms with Crippen LogP contribution in [0.25, 0.3) is 0 Å². The normalized spacial score (nSPS) is 13.5. The van der Waals surface area contributed by atoms with E-state index in [1.807, 2.05) is 6.92 Å². The highest BCUT2D eigenvalue weighted by Gasteiger charge is 2.23. The Kier molecular flexibility index (Phi) is 4.53. The fourth-order valence-corrected chi connectivity index (χ4v) is 3.00. The Bertz CT molecular complexity index is 635. The molecule has 0 aliphatic heterocycles. The molecule has 0 amide bonds. The number of hydrogen-bond acceptors (Lipinski definition) is 5. The van der Waals surface area contributed by atoms with Crippen LogP contribution in [0, 0.1) is 0 Å². The minimum Gasteiger partial charge on any atom is -0.394 e. The number of aliphatic hydroxyl groups excluding tert-OH is 1. The van der Waals surface area contributed by atoms with Crippen molar-refractivity contribution in [2.75, 3.05) is 6.61 Å². The Labute approximate surface area is 116 Å². The second-order valence-corrected chi connectivity index (χ2v) is 5.93. The van der Waals surface area contributed by atoms with Gasteiger partial charge in [-0.15, -0.1) is 0 Å². The number of nitrogens with zero attached hydrogens (tertiary/aromatic N) is 3. The zero-order valence-electron chi connectivity index (χ0n) is 11.0. The van der Waals surface area contributed by atoms with Crippen molar-refractivity contribution in [1.29, 1.82) is 0 Å². The molecule has 2 heterocycles. The Balaban J connectivity index is 2.17. The molecule has 2 rings (SSSR count). The van der Waals surface area contributed by atoms with E-state index in [9.17, 15) is 8.42 Å². The highest BCUT2D eigenvalue weighted by atomic mass is 32.2. The molecule has 1 unspecified atom stereocenters. The van der Waals surface area contributed by atoms with E-state index in [4.69, 9.17) is 5.11 Å². The monoisotopic (exact) mass is 299 g/mol. The zero-order chi connectivity index (χ0) is 14.6. The van der Waals surface area contributed by atoms with E-state index in [0.717, 1.165) is 0 Å². The van der Waals surface area contributed by atoms with Gasteiger partial charge in [-0.1, -0.05) is 6.92 Å². The molecule has 9 heteroatoms. The topological polar surface area (TPSA) is 113 Å². The van der Waals surface area contributed by atoms with E-state index in [1.54, 1.807) is 12.4 Å². The molecule has 110 valence electrons. The van der Waals surface area contributed by atoms with Gasteiger partial charge in [0.05, 0.1) is 25.4 Å². The second kappa shape index (κ2) is 6.16. The standard InChI is InChI=1S/C11H17N5O3S/c1-2-10(11-12-3-4-13-11)15-20(18,19)9-7-14-16(8-9)5-6-17/h3-4,7-8,10,15,17H,2,5-6H2,1H3,(H,12,13). The van der Waals surface area contributed by atoms with Crippen LogP contribution in [-0.4, -0.2) is 39.9 Å². The maximum atomic E-state index is 12.2. The van der Waals surface area contributed by atoms with Crippen LogP contribution in [0.2, 0.25) is 0 Å². The Morgan fingerprint density at radius 2 is 2.35 bits per heavy atom.